The number of benzene rings is 2. The zero-order valence-corrected chi connectivity index (χ0v) is 18.2. The Hall–Kier alpha value is -2.73. The van der Waals surface area contributed by atoms with Crippen molar-refractivity contribution in [2.24, 2.45) is 16.1 Å². The lowest BCUT2D eigenvalue weighted by Gasteiger charge is -2.09. The minimum absolute atomic E-state index is 0.314. The van der Waals surface area contributed by atoms with Gasteiger partial charge in [-0.2, -0.15) is 10.2 Å². The fraction of sp³-hybridized carbons (Fsp3) is 0.458. The molecule has 0 amide bonds. The Morgan fingerprint density at radius 2 is 1.53 bits per heavy atom. The van der Waals surface area contributed by atoms with Crippen LogP contribution in [0.25, 0.3) is 0 Å². The molecule has 1 atom stereocenters. The van der Waals surface area contributed by atoms with Gasteiger partial charge in [-0.25, -0.2) is 4.79 Å². The van der Waals surface area contributed by atoms with E-state index < -0.39 is 0 Å². The number of rotatable bonds is 13. The Kier molecular flexibility index (Phi) is 10.6. The van der Waals surface area contributed by atoms with E-state index in [0.717, 1.165) is 37.3 Å². The van der Waals surface area contributed by atoms with Gasteiger partial charge in [0, 0.05) is 19.6 Å². The molecule has 0 aliphatic heterocycles. The summed E-state index contributed by atoms with van der Waals surface area (Å²) in [5.41, 5.74) is 1.91. The molecule has 0 heterocycles. The molecule has 0 saturated heterocycles. The first-order valence-corrected chi connectivity index (χ1v) is 10.6. The second kappa shape index (κ2) is 13.5. The van der Waals surface area contributed by atoms with E-state index in [4.69, 9.17) is 14.2 Å². The number of ether oxygens (including phenoxy) is 3. The molecule has 2 aromatic rings. The summed E-state index contributed by atoms with van der Waals surface area (Å²) in [4.78, 5) is 12.0. The van der Waals surface area contributed by atoms with Crippen LogP contribution in [-0.2, 0) is 9.47 Å². The highest BCUT2D eigenvalue weighted by Gasteiger charge is 2.09. The number of carbonyl (C=O) groups is 1. The summed E-state index contributed by atoms with van der Waals surface area (Å²) >= 11 is 0. The molecular formula is C24H32N2O4. The normalized spacial score (nSPS) is 12.1. The Labute approximate surface area is 179 Å². The molecule has 6 nitrogen and oxygen atoms in total. The van der Waals surface area contributed by atoms with E-state index in [1.54, 1.807) is 24.3 Å². The highest BCUT2D eigenvalue weighted by atomic mass is 16.5. The minimum atomic E-state index is -0.314. The monoisotopic (exact) mass is 412 g/mol. The van der Waals surface area contributed by atoms with Gasteiger partial charge < -0.3 is 14.2 Å². The van der Waals surface area contributed by atoms with Crippen LogP contribution in [0, 0.1) is 5.92 Å². The predicted octanol–water partition coefficient (Wildman–Crippen LogP) is 6.50. The zero-order chi connectivity index (χ0) is 21.6. The standard InChI is InChI=1S/C24H32N2O4/c1-4-15-28-16-6-17-29-23-13-11-22(12-14-23)26-25-21-9-7-20(8-10-21)24(27)30-18-19(3)5-2/h7-14,19H,4-6,15-18H2,1-3H3. The van der Waals surface area contributed by atoms with E-state index in [1.807, 2.05) is 24.3 Å². The molecule has 0 radical (unpaired) electrons. The molecule has 0 spiro atoms. The summed E-state index contributed by atoms with van der Waals surface area (Å²) in [7, 11) is 0. The lowest BCUT2D eigenvalue weighted by Crippen LogP contribution is -2.11. The van der Waals surface area contributed by atoms with Crippen molar-refractivity contribution in [2.45, 2.75) is 40.0 Å². The van der Waals surface area contributed by atoms with Crippen LogP contribution in [0.5, 0.6) is 5.75 Å². The van der Waals surface area contributed by atoms with Crippen LogP contribution in [0.4, 0.5) is 11.4 Å². The Morgan fingerprint density at radius 1 is 0.900 bits per heavy atom. The minimum Gasteiger partial charge on any atom is -0.494 e. The molecule has 0 aliphatic rings. The van der Waals surface area contributed by atoms with Gasteiger partial charge >= 0.3 is 5.97 Å². The Balaban J connectivity index is 1.79. The third-order valence-corrected chi connectivity index (χ3v) is 4.47. The van der Waals surface area contributed by atoms with Crippen molar-refractivity contribution in [3.63, 3.8) is 0 Å². The van der Waals surface area contributed by atoms with E-state index in [-0.39, 0.29) is 5.97 Å². The Morgan fingerprint density at radius 3 is 2.13 bits per heavy atom. The van der Waals surface area contributed by atoms with E-state index in [2.05, 4.69) is 31.0 Å². The second-order valence-corrected chi connectivity index (χ2v) is 7.17. The van der Waals surface area contributed by atoms with Crippen LogP contribution >= 0.6 is 0 Å². The molecule has 0 N–H and O–H groups in total. The highest BCUT2D eigenvalue weighted by molar-refractivity contribution is 5.89. The smallest absolute Gasteiger partial charge is 0.338 e. The number of hydrogen-bond donors (Lipinski definition) is 0. The molecular weight excluding hydrogens is 380 g/mol. The maximum atomic E-state index is 12.0. The van der Waals surface area contributed by atoms with Gasteiger partial charge in [0.2, 0.25) is 0 Å². The van der Waals surface area contributed by atoms with Crippen molar-refractivity contribution in [3.8, 4) is 5.75 Å². The van der Waals surface area contributed by atoms with Crippen LogP contribution < -0.4 is 4.74 Å². The van der Waals surface area contributed by atoms with Crippen molar-refractivity contribution in [3.05, 3.63) is 54.1 Å². The molecule has 0 bridgehead atoms. The molecule has 0 aromatic heterocycles. The number of hydrogen-bond acceptors (Lipinski definition) is 6. The maximum absolute atomic E-state index is 12.0. The second-order valence-electron chi connectivity index (χ2n) is 7.17. The molecule has 2 rings (SSSR count). The van der Waals surface area contributed by atoms with Crippen LogP contribution in [-0.4, -0.2) is 32.4 Å². The van der Waals surface area contributed by atoms with Crippen molar-refractivity contribution < 1.29 is 19.0 Å². The van der Waals surface area contributed by atoms with Crippen LogP contribution in [0.1, 0.15) is 50.4 Å². The first-order valence-electron chi connectivity index (χ1n) is 10.6. The third-order valence-electron chi connectivity index (χ3n) is 4.47. The van der Waals surface area contributed by atoms with E-state index in [9.17, 15) is 4.79 Å². The average Bonchev–Trinajstić information content (AvgIpc) is 2.79. The molecule has 2 aromatic carbocycles. The molecule has 1 unspecified atom stereocenters. The van der Waals surface area contributed by atoms with Gasteiger partial charge in [-0.05, 0) is 60.9 Å². The molecule has 0 aliphatic carbocycles. The van der Waals surface area contributed by atoms with Gasteiger partial charge in [0.15, 0.2) is 0 Å². The number of azo groups is 1. The summed E-state index contributed by atoms with van der Waals surface area (Å²) in [6.07, 6.45) is 2.88. The summed E-state index contributed by atoms with van der Waals surface area (Å²) in [5, 5.41) is 8.44. The largest absolute Gasteiger partial charge is 0.494 e. The summed E-state index contributed by atoms with van der Waals surface area (Å²) in [6.45, 7) is 8.79. The molecule has 0 saturated carbocycles. The van der Waals surface area contributed by atoms with Crippen LogP contribution in [0.2, 0.25) is 0 Å². The van der Waals surface area contributed by atoms with Gasteiger partial charge in [0.1, 0.15) is 5.75 Å². The zero-order valence-electron chi connectivity index (χ0n) is 18.2. The van der Waals surface area contributed by atoms with Crippen molar-refractivity contribution in [1.82, 2.24) is 0 Å². The fourth-order valence-electron chi connectivity index (χ4n) is 2.41. The van der Waals surface area contributed by atoms with Gasteiger partial charge in [-0.3, -0.25) is 0 Å². The van der Waals surface area contributed by atoms with Crippen molar-refractivity contribution in [1.29, 1.82) is 0 Å². The van der Waals surface area contributed by atoms with Gasteiger partial charge in [-0.1, -0.05) is 27.2 Å². The van der Waals surface area contributed by atoms with Gasteiger partial charge in [-0.15, -0.1) is 0 Å². The average molecular weight is 413 g/mol. The SMILES string of the molecule is CCCOCCCOc1ccc(N=Nc2ccc(C(=O)OCC(C)CC)cc2)cc1. The van der Waals surface area contributed by atoms with E-state index in [0.29, 0.717) is 37.0 Å². The quantitative estimate of drug-likeness (QED) is 0.214. The molecule has 162 valence electrons. The molecule has 6 heteroatoms. The fourth-order valence-corrected chi connectivity index (χ4v) is 2.41. The van der Waals surface area contributed by atoms with Crippen molar-refractivity contribution >= 4 is 17.3 Å². The highest BCUT2D eigenvalue weighted by Crippen LogP contribution is 2.22. The molecule has 30 heavy (non-hydrogen) atoms. The summed E-state index contributed by atoms with van der Waals surface area (Å²) in [6, 6.07) is 14.4. The van der Waals surface area contributed by atoms with E-state index in [1.165, 1.54) is 0 Å². The number of nitrogens with zero attached hydrogens (tertiary/aromatic N) is 2. The van der Waals surface area contributed by atoms with Crippen molar-refractivity contribution in [2.75, 3.05) is 26.4 Å². The number of esters is 1. The number of carbonyl (C=O) groups excluding carboxylic acids is 1. The lowest BCUT2D eigenvalue weighted by molar-refractivity contribution is 0.0447. The molecule has 0 fully saturated rings. The summed E-state index contributed by atoms with van der Waals surface area (Å²) < 4.78 is 16.4. The maximum Gasteiger partial charge on any atom is 0.338 e. The third kappa shape index (κ3) is 8.74. The van der Waals surface area contributed by atoms with Crippen LogP contribution in [0.15, 0.2) is 58.8 Å². The van der Waals surface area contributed by atoms with Crippen LogP contribution in [0.3, 0.4) is 0 Å². The predicted molar refractivity (Wildman–Crippen MR) is 118 cm³/mol. The summed E-state index contributed by atoms with van der Waals surface area (Å²) in [5.74, 6) is 0.842. The Bertz CT molecular complexity index is 773. The lowest BCUT2D eigenvalue weighted by atomic mass is 10.1. The first-order chi connectivity index (χ1) is 14.6. The first kappa shape index (κ1) is 23.5. The van der Waals surface area contributed by atoms with Gasteiger partial charge in [0.05, 0.1) is 30.2 Å². The van der Waals surface area contributed by atoms with E-state index >= 15 is 0 Å². The van der Waals surface area contributed by atoms with Gasteiger partial charge in [0.25, 0.3) is 0 Å². The topological polar surface area (TPSA) is 69.5 Å².